The van der Waals surface area contributed by atoms with Crippen LogP contribution in [-0.4, -0.2) is 42.5 Å². The number of aromatic amines is 1. The lowest BCUT2D eigenvalue weighted by molar-refractivity contribution is 0.510. The van der Waals surface area contributed by atoms with Gasteiger partial charge in [0.1, 0.15) is 5.82 Å². The van der Waals surface area contributed by atoms with Crippen LogP contribution in [0.2, 0.25) is 0 Å². The monoisotopic (exact) mass is 301 g/mol. The Bertz CT molecular complexity index is 718. The molecule has 20 heavy (non-hydrogen) atoms. The topological polar surface area (TPSA) is 74.8 Å². The van der Waals surface area contributed by atoms with Crippen LogP contribution in [0.1, 0.15) is 5.82 Å². The fourth-order valence-corrected chi connectivity index (χ4v) is 3.83. The second-order valence-electron chi connectivity index (χ2n) is 4.94. The molecular formula is C12H13F2N3O2S. The highest BCUT2D eigenvalue weighted by Gasteiger charge is 2.25. The standard InChI is InChI=1S/C12H13F2N3O2S/c13-8-4-10-11(5-9(8)14)17-12(16-10)3-7-6-20(18,19)2-1-15-7/h4-5,7,15H,1-3,6H2,(H,16,17). The first-order valence-corrected chi connectivity index (χ1v) is 8.02. The molecule has 1 aliphatic rings. The van der Waals surface area contributed by atoms with Crippen molar-refractivity contribution >= 4 is 20.9 Å². The second-order valence-corrected chi connectivity index (χ2v) is 7.17. The van der Waals surface area contributed by atoms with E-state index in [0.29, 0.717) is 29.8 Å². The maximum Gasteiger partial charge on any atom is 0.161 e. The van der Waals surface area contributed by atoms with Crippen molar-refractivity contribution in [2.75, 3.05) is 18.1 Å². The van der Waals surface area contributed by atoms with Gasteiger partial charge in [-0.3, -0.25) is 0 Å². The summed E-state index contributed by atoms with van der Waals surface area (Å²) in [6, 6.07) is 1.84. The van der Waals surface area contributed by atoms with Crippen molar-refractivity contribution in [3.05, 3.63) is 29.6 Å². The number of nitrogens with one attached hydrogen (secondary N) is 2. The van der Waals surface area contributed by atoms with E-state index in [-0.39, 0.29) is 17.5 Å². The summed E-state index contributed by atoms with van der Waals surface area (Å²) in [5.74, 6) is -1.19. The molecule has 0 bridgehead atoms. The van der Waals surface area contributed by atoms with Gasteiger partial charge in [0.2, 0.25) is 0 Å². The fourth-order valence-electron chi connectivity index (χ4n) is 2.39. The smallest absolute Gasteiger partial charge is 0.161 e. The summed E-state index contributed by atoms with van der Waals surface area (Å²) < 4.78 is 49.3. The molecule has 0 saturated carbocycles. The molecule has 0 radical (unpaired) electrons. The summed E-state index contributed by atoms with van der Waals surface area (Å²) in [4.78, 5) is 7.05. The molecule has 2 N–H and O–H groups in total. The van der Waals surface area contributed by atoms with Gasteiger partial charge in [-0.05, 0) is 0 Å². The minimum Gasteiger partial charge on any atom is -0.342 e. The highest BCUT2D eigenvalue weighted by molar-refractivity contribution is 7.91. The van der Waals surface area contributed by atoms with Crippen molar-refractivity contribution in [3.63, 3.8) is 0 Å². The van der Waals surface area contributed by atoms with Crippen LogP contribution in [0.5, 0.6) is 0 Å². The average molecular weight is 301 g/mol. The number of benzene rings is 1. The van der Waals surface area contributed by atoms with Gasteiger partial charge in [0.15, 0.2) is 21.5 Å². The molecule has 1 unspecified atom stereocenters. The number of sulfone groups is 1. The minimum atomic E-state index is -3.02. The molecule has 1 aliphatic heterocycles. The molecule has 1 aromatic heterocycles. The van der Waals surface area contributed by atoms with E-state index in [1.807, 2.05) is 0 Å². The summed E-state index contributed by atoms with van der Waals surface area (Å²) in [5, 5.41) is 3.10. The molecule has 0 aliphatic carbocycles. The summed E-state index contributed by atoms with van der Waals surface area (Å²) in [6.45, 7) is 0.413. The van der Waals surface area contributed by atoms with Crippen LogP contribution in [0, 0.1) is 11.6 Å². The van der Waals surface area contributed by atoms with Crippen molar-refractivity contribution in [3.8, 4) is 0 Å². The Labute approximate surface area is 114 Å². The van der Waals surface area contributed by atoms with Crippen LogP contribution in [0.3, 0.4) is 0 Å². The lowest BCUT2D eigenvalue weighted by atomic mass is 10.2. The Morgan fingerprint density at radius 2 is 2.05 bits per heavy atom. The number of nitrogens with zero attached hydrogens (tertiary/aromatic N) is 1. The summed E-state index contributed by atoms with van der Waals surface area (Å²) >= 11 is 0. The third kappa shape index (κ3) is 2.66. The first-order chi connectivity index (χ1) is 9.43. The molecule has 5 nitrogen and oxygen atoms in total. The number of H-pyrrole nitrogens is 1. The Balaban J connectivity index is 1.84. The van der Waals surface area contributed by atoms with Gasteiger partial charge >= 0.3 is 0 Å². The van der Waals surface area contributed by atoms with E-state index >= 15 is 0 Å². The van der Waals surface area contributed by atoms with Crippen LogP contribution >= 0.6 is 0 Å². The molecule has 8 heteroatoms. The van der Waals surface area contributed by atoms with Gasteiger partial charge in [-0.15, -0.1) is 0 Å². The number of rotatable bonds is 2. The highest BCUT2D eigenvalue weighted by Crippen LogP contribution is 2.17. The number of hydrogen-bond acceptors (Lipinski definition) is 4. The Morgan fingerprint density at radius 3 is 2.80 bits per heavy atom. The molecule has 0 spiro atoms. The first-order valence-electron chi connectivity index (χ1n) is 6.20. The Kier molecular flexibility index (Phi) is 3.21. The Morgan fingerprint density at radius 1 is 1.30 bits per heavy atom. The first kappa shape index (κ1) is 13.4. The summed E-state index contributed by atoms with van der Waals surface area (Å²) in [6.07, 6.45) is 0.372. The predicted octanol–water partition coefficient (Wildman–Crippen LogP) is 0.770. The molecule has 1 atom stereocenters. The zero-order valence-electron chi connectivity index (χ0n) is 10.5. The van der Waals surface area contributed by atoms with Gasteiger partial charge in [0.25, 0.3) is 0 Å². The van der Waals surface area contributed by atoms with Crippen molar-refractivity contribution in [1.82, 2.24) is 15.3 Å². The number of fused-ring (bicyclic) bond motifs is 1. The summed E-state index contributed by atoms with van der Waals surface area (Å²) in [7, 11) is -3.02. The number of halogens is 2. The zero-order chi connectivity index (χ0) is 14.3. The van der Waals surface area contributed by atoms with Crippen LogP contribution in [-0.2, 0) is 16.3 Å². The van der Waals surface area contributed by atoms with Crippen LogP contribution in [0.4, 0.5) is 8.78 Å². The molecule has 0 amide bonds. The maximum atomic E-state index is 13.1. The molecule has 1 saturated heterocycles. The number of imidazole rings is 1. The number of hydrogen-bond donors (Lipinski definition) is 2. The maximum absolute atomic E-state index is 13.1. The van der Waals surface area contributed by atoms with E-state index < -0.39 is 21.5 Å². The lowest BCUT2D eigenvalue weighted by Gasteiger charge is -2.22. The minimum absolute atomic E-state index is 0.0484. The van der Waals surface area contributed by atoms with Crippen molar-refractivity contribution in [2.45, 2.75) is 12.5 Å². The van der Waals surface area contributed by atoms with E-state index in [0.717, 1.165) is 12.1 Å². The molecule has 2 aromatic rings. The van der Waals surface area contributed by atoms with Crippen molar-refractivity contribution in [2.24, 2.45) is 0 Å². The van der Waals surface area contributed by atoms with Crippen LogP contribution < -0.4 is 5.32 Å². The van der Waals surface area contributed by atoms with E-state index in [9.17, 15) is 17.2 Å². The van der Waals surface area contributed by atoms with Gasteiger partial charge in [-0.25, -0.2) is 22.2 Å². The van der Waals surface area contributed by atoms with Crippen LogP contribution in [0.25, 0.3) is 11.0 Å². The molecular weight excluding hydrogens is 288 g/mol. The molecule has 1 aromatic carbocycles. The van der Waals surface area contributed by atoms with Gasteiger partial charge < -0.3 is 10.3 Å². The van der Waals surface area contributed by atoms with Crippen molar-refractivity contribution < 1.29 is 17.2 Å². The third-order valence-corrected chi connectivity index (χ3v) is 5.05. The Hall–Kier alpha value is -1.54. The SMILES string of the molecule is O=S1(=O)CCNC(Cc2nc3cc(F)c(F)cc3[nH]2)C1. The van der Waals surface area contributed by atoms with Gasteiger partial charge in [-0.1, -0.05) is 0 Å². The molecule has 1 fully saturated rings. The van der Waals surface area contributed by atoms with E-state index in [1.165, 1.54) is 0 Å². The predicted molar refractivity (Wildman–Crippen MR) is 70.2 cm³/mol. The van der Waals surface area contributed by atoms with Crippen molar-refractivity contribution in [1.29, 1.82) is 0 Å². The third-order valence-electron chi connectivity index (χ3n) is 3.31. The van der Waals surface area contributed by atoms with E-state index in [4.69, 9.17) is 0 Å². The zero-order valence-corrected chi connectivity index (χ0v) is 11.3. The highest BCUT2D eigenvalue weighted by atomic mass is 32.2. The quantitative estimate of drug-likeness (QED) is 0.859. The van der Waals surface area contributed by atoms with Gasteiger partial charge in [0, 0.05) is 31.1 Å². The number of aromatic nitrogens is 2. The van der Waals surface area contributed by atoms with Gasteiger partial charge in [-0.2, -0.15) is 0 Å². The van der Waals surface area contributed by atoms with Crippen LogP contribution in [0.15, 0.2) is 12.1 Å². The van der Waals surface area contributed by atoms with E-state index in [1.54, 1.807) is 0 Å². The van der Waals surface area contributed by atoms with E-state index in [2.05, 4.69) is 15.3 Å². The molecule has 2 heterocycles. The molecule has 108 valence electrons. The lowest BCUT2D eigenvalue weighted by Crippen LogP contribution is -2.46. The average Bonchev–Trinajstić information content (AvgIpc) is 2.69. The molecule has 3 rings (SSSR count). The largest absolute Gasteiger partial charge is 0.342 e. The fraction of sp³-hybridized carbons (Fsp3) is 0.417. The summed E-state index contributed by atoms with van der Waals surface area (Å²) in [5.41, 5.74) is 0.732. The van der Waals surface area contributed by atoms with Gasteiger partial charge in [0.05, 0.1) is 22.5 Å². The normalized spacial score (nSPS) is 22.2. The second kappa shape index (κ2) is 4.78.